The van der Waals surface area contributed by atoms with Gasteiger partial charge in [-0.05, 0) is 51.5 Å². The molecule has 0 aromatic rings. The first-order valence-electron chi connectivity index (χ1n) is 9.69. The van der Waals surface area contributed by atoms with Crippen molar-refractivity contribution in [3.63, 3.8) is 0 Å². The lowest BCUT2D eigenvalue weighted by Gasteiger charge is -2.29. The molecule has 0 spiro atoms. The van der Waals surface area contributed by atoms with Gasteiger partial charge in [-0.25, -0.2) is 0 Å². The molecule has 0 saturated heterocycles. The number of carbonyl (C=O) groups is 2. The third-order valence-corrected chi connectivity index (χ3v) is 5.82. The summed E-state index contributed by atoms with van der Waals surface area (Å²) in [5.41, 5.74) is 1.33. The van der Waals surface area contributed by atoms with Gasteiger partial charge in [-0.2, -0.15) is 0 Å². The summed E-state index contributed by atoms with van der Waals surface area (Å²) in [5, 5.41) is 9.60. The first-order valence-corrected chi connectivity index (χ1v) is 9.69. The molecule has 1 aliphatic heterocycles. The van der Waals surface area contributed by atoms with Crippen molar-refractivity contribution >= 4 is 11.8 Å². The van der Waals surface area contributed by atoms with E-state index in [2.05, 4.69) is 22.0 Å². The molecule has 2 amide bonds. The van der Waals surface area contributed by atoms with Crippen LogP contribution in [-0.2, 0) is 9.59 Å². The number of hydrogen-bond donors (Lipinski definition) is 3. The quantitative estimate of drug-likeness (QED) is 0.673. The van der Waals surface area contributed by atoms with E-state index in [0.717, 1.165) is 58.0 Å². The maximum absolute atomic E-state index is 12.3. The van der Waals surface area contributed by atoms with Crippen LogP contribution in [0.1, 0.15) is 57.8 Å². The van der Waals surface area contributed by atoms with Crippen molar-refractivity contribution in [1.29, 1.82) is 0 Å². The first kappa shape index (κ1) is 17.5. The Morgan fingerprint density at radius 2 is 1.71 bits per heavy atom. The summed E-state index contributed by atoms with van der Waals surface area (Å²) < 4.78 is 0. The lowest BCUT2D eigenvalue weighted by Crippen LogP contribution is -2.43. The molecule has 0 atom stereocenters. The van der Waals surface area contributed by atoms with Gasteiger partial charge in [0.25, 0.3) is 0 Å². The molecule has 0 aromatic carbocycles. The first-order chi connectivity index (χ1) is 11.7. The number of rotatable bonds is 5. The Morgan fingerprint density at radius 1 is 1.00 bits per heavy atom. The van der Waals surface area contributed by atoms with Crippen LogP contribution in [0, 0.1) is 11.8 Å². The van der Waals surface area contributed by atoms with Gasteiger partial charge >= 0.3 is 0 Å². The van der Waals surface area contributed by atoms with Crippen LogP contribution >= 0.6 is 0 Å². The largest absolute Gasteiger partial charge is 0.353 e. The molecular weight excluding hydrogens is 302 g/mol. The Labute approximate surface area is 145 Å². The van der Waals surface area contributed by atoms with Gasteiger partial charge in [-0.15, -0.1) is 0 Å². The number of nitrogens with one attached hydrogen (secondary N) is 3. The topological polar surface area (TPSA) is 70.2 Å². The number of carbonyl (C=O) groups excluding carboxylic acids is 2. The smallest absolute Gasteiger partial charge is 0.223 e. The lowest BCUT2D eigenvalue weighted by atomic mass is 9.85. The molecule has 2 saturated carbocycles. The molecule has 1 heterocycles. The molecule has 0 radical (unpaired) electrons. The van der Waals surface area contributed by atoms with Crippen LogP contribution in [0.2, 0.25) is 0 Å². The highest BCUT2D eigenvalue weighted by molar-refractivity contribution is 5.80. The fourth-order valence-electron chi connectivity index (χ4n) is 4.18. The van der Waals surface area contributed by atoms with Gasteiger partial charge in [0.15, 0.2) is 0 Å². The zero-order valence-corrected chi connectivity index (χ0v) is 14.6. The van der Waals surface area contributed by atoms with Crippen LogP contribution in [0.3, 0.4) is 0 Å². The Balaban J connectivity index is 1.35. The normalized spacial score (nSPS) is 28.2. The highest BCUT2D eigenvalue weighted by Gasteiger charge is 2.29. The average Bonchev–Trinajstić information content (AvgIpc) is 3.16. The summed E-state index contributed by atoms with van der Waals surface area (Å²) in [4.78, 5) is 24.5. The number of hydrogen-bond acceptors (Lipinski definition) is 3. The van der Waals surface area contributed by atoms with Crippen molar-refractivity contribution in [3.8, 4) is 0 Å². The highest BCUT2D eigenvalue weighted by Crippen LogP contribution is 2.27. The second kappa shape index (κ2) is 8.65. The van der Waals surface area contributed by atoms with Crippen LogP contribution < -0.4 is 16.0 Å². The molecule has 3 N–H and O–H groups in total. The van der Waals surface area contributed by atoms with Crippen molar-refractivity contribution in [2.45, 2.75) is 63.8 Å². The van der Waals surface area contributed by atoms with E-state index in [-0.39, 0.29) is 29.7 Å². The minimum Gasteiger partial charge on any atom is -0.353 e. The molecule has 0 bridgehead atoms. The summed E-state index contributed by atoms with van der Waals surface area (Å²) in [6.07, 6.45) is 11.3. The van der Waals surface area contributed by atoms with Crippen molar-refractivity contribution in [1.82, 2.24) is 16.0 Å². The molecule has 0 aromatic heterocycles. The lowest BCUT2D eigenvalue weighted by molar-refractivity contribution is -0.126. The Bertz CT molecular complexity index is 475. The summed E-state index contributed by atoms with van der Waals surface area (Å²) >= 11 is 0. The van der Waals surface area contributed by atoms with E-state index in [0.29, 0.717) is 6.54 Å². The predicted octanol–water partition coefficient (Wildman–Crippen LogP) is 1.89. The molecule has 5 heteroatoms. The molecule has 0 unspecified atom stereocenters. The minimum atomic E-state index is 0.118. The molecule has 2 fully saturated rings. The predicted molar refractivity (Wildman–Crippen MR) is 94.4 cm³/mol. The van der Waals surface area contributed by atoms with Gasteiger partial charge < -0.3 is 16.0 Å². The third-order valence-electron chi connectivity index (χ3n) is 5.82. The van der Waals surface area contributed by atoms with Gasteiger partial charge in [-0.3, -0.25) is 9.59 Å². The fraction of sp³-hybridized carbons (Fsp3) is 0.789. The Kier molecular flexibility index (Phi) is 6.30. The highest BCUT2D eigenvalue weighted by atomic mass is 16.2. The second-order valence-electron chi connectivity index (χ2n) is 7.57. The molecule has 5 nitrogen and oxygen atoms in total. The van der Waals surface area contributed by atoms with Crippen molar-refractivity contribution in [3.05, 3.63) is 11.6 Å². The Morgan fingerprint density at radius 3 is 2.38 bits per heavy atom. The molecule has 3 aliphatic rings. The van der Waals surface area contributed by atoms with E-state index in [4.69, 9.17) is 0 Å². The van der Waals surface area contributed by atoms with Crippen LogP contribution in [0.5, 0.6) is 0 Å². The van der Waals surface area contributed by atoms with Gasteiger partial charge in [0.2, 0.25) is 11.8 Å². The van der Waals surface area contributed by atoms with Crippen molar-refractivity contribution < 1.29 is 9.59 Å². The van der Waals surface area contributed by atoms with Crippen molar-refractivity contribution in [2.75, 3.05) is 19.6 Å². The summed E-state index contributed by atoms with van der Waals surface area (Å²) in [7, 11) is 0. The maximum atomic E-state index is 12.3. The molecule has 2 aliphatic carbocycles. The fourth-order valence-corrected chi connectivity index (χ4v) is 4.18. The zero-order chi connectivity index (χ0) is 16.8. The van der Waals surface area contributed by atoms with Gasteiger partial charge in [0, 0.05) is 31.0 Å². The summed E-state index contributed by atoms with van der Waals surface area (Å²) in [6.45, 7) is 2.61. The second-order valence-corrected chi connectivity index (χ2v) is 7.57. The maximum Gasteiger partial charge on any atom is 0.223 e. The average molecular weight is 333 g/mol. The molecule has 24 heavy (non-hydrogen) atoms. The summed E-state index contributed by atoms with van der Waals surface area (Å²) in [6, 6.07) is 0.272. The van der Waals surface area contributed by atoms with Crippen LogP contribution in [0.4, 0.5) is 0 Å². The minimum absolute atomic E-state index is 0.118. The zero-order valence-electron chi connectivity index (χ0n) is 14.6. The molecular formula is C19H31N3O2. The number of amides is 2. The van der Waals surface area contributed by atoms with E-state index >= 15 is 0 Å². The Hall–Kier alpha value is -1.36. The van der Waals surface area contributed by atoms with Crippen LogP contribution in [0.25, 0.3) is 0 Å². The van der Waals surface area contributed by atoms with E-state index in [9.17, 15) is 9.59 Å². The molecule has 3 rings (SSSR count). The van der Waals surface area contributed by atoms with Crippen LogP contribution in [0.15, 0.2) is 11.6 Å². The van der Waals surface area contributed by atoms with E-state index < -0.39 is 0 Å². The van der Waals surface area contributed by atoms with Gasteiger partial charge in [0.1, 0.15) is 0 Å². The van der Waals surface area contributed by atoms with Gasteiger partial charge in [-0.1, -0.05) is 24.5 Å². The molecule has 134 valence electrons. The van der Waals surface area contributed by atoms with E-state index in [1.165, 1.54) is 18.4 Å². The third kappa shape index (κ3) is 4.82. The van der Waals surface area contributed by atoms with E-state index in [1.54, 1.807) is 0 Å². The van der Waals surface area contributed by atoms with Gasteiger partial charge in [0.05, 0.1) is 0 Å². The SMILES string of the molecule is O=C(NCC1=CCNCC1)C1CCC(NC(=O)C2CCCC2)CC1. The van der Waals surface area contributed by atoms with Crippen LogP contribution in [-0.4, -0.2) is 37.5 Å². The van der Waals surface area contributed by atoms with E-state index in [1.807, 2.05) is 0 Å². The standard InChI is InChI=1S/C19H31N3O2/c23-18(21-13-14-9-11-20-12-10-14)16-5-7-17(8-6-16)22-19(24)15-3-1-2-4-15/h9,15-17,20H,1-8,10-13H2,(H,21,23)(H,22,24). The summed E-state index contributed by atoms with van der Waals surface area (Å²) in [5.74, 6) is 0.796. The van der Waals surface area contributed by atoms with Crippen molar-refractivity contribution in [2.24, 2.45) is 11.8 Å². The monoisotopic (exact) mass is 333 g/mol.